The number of halogens is 1. The number of hydrogen-bond acceptors (Lipinski definition) is 5. The summed E-state index contributed by atoms with van der Waals surface area (Å²) in [4.78, 5) is 39.2. The van der Waals surface area contributed by atoms with E-state index in [1.165, 1.54) is 4.90 Å². The number of carbonyl (C=O) groups is 3. The maximum Gasteiger partial charge on any atom is 0.293 e. The van der Waals surface area contributed by atoms with Crippen LogP contribution < -0.4 is 10.1 Å². The van der Waals surface area contributed by atoms with Gasteiger partial charge in [-0.25, -0.2) is 0 Å². The van der Waals surface area contributed by atoms with Gasteiger partial charge in [-0.2, -0.15) is 0 Å². The number of aryl methyl sites for hydroxylation is 2. The Morgan fingerprint density at radius 3 is 2.60 bits per heavy atom. The van der Waals surface area contributed by atoms with Gasteiger partial charge in [0.2, 0.25) is 0 Å². The zero-order valence-corrected chi connectivity index (χ0v) is 21.6. The Morgan fingerprint density at radius 1 is 1.06 bits per heavy atom. The highest BCUT2D eigenvalue weighted by Crippen LogP contribution is 2.35. The number of nitrogens with one attached hydrogen (secondary N) is 1. The largest absolute Gasteiger partial charge is 0.483 e. The molecule has 1 aliphatic rings. The number of benzene rings is 3. The Hall–Kier alpha value is -3.36. The number of carbonyl (C=O) groups excluding carboxylic acids is 3. The Balaban J connectivity index is 1.39. The monoisotopic (exact) mass is 550 g/mol. The van der Waals surface area contributed by atoms with Gasteiger partial charge in [0.25, 0.3) is 17.1 Å². The lowest BCUT2D eigenvalue weighted by molar-refractivity contribution is -0.123. The molecule has 8 heteroatoms. The molecular formula is C27H23BrN2O4S. The minimum atomic E-state index is -0.312. The van der Waals surface area contributed by atoms with Crippen molar-refractivity contribution >= 4 is 56.5 Å². The van der Waals surface area contributed by atoms with E-state index in [4.69, 9.17) is 4.74 Å². The Labute approximate surface area is 216 Å². The highest BCUT2D eigenvalue weighted by atomic mass is 79.9. The van der Waals surface area contributed by atoms with Crippen LogP contribution in [0.1, 0.15) is 22.3 Å². The van der Waals surface area contributed by atoms with Gasteiger partial charge >= 0.3 is 0 Å². The molecule has 0 unspecified atom stereocenters. The quantitative estimate of drug-likeness (QED) is 0.348. The molecule has 3 aromatic carbocycles. The molecule has 0 saturated carbocycles. The summed E-state index contributed by atoms with van der Waals surface area (Å²) in [5, 5.41) is 2.51. The molecular weight excluding hydrogens is 528 g/mol. The van der Waals surface area contributed by atoms with E-state index in [-0.39, 0.29) is 30.2 Å². The lowest BCUT2D eigenvalue weighted by Crippen LogP contribution is -2.27. The van der Waals surface area contributed by atoms with E-state index < -0.39 is 0 Å². The maximum atomic E-state index is 12.9. The Kier molecular flexibility index (Phi) is 7.73. The van der Waals surface area contributed by atoms with Crippen LogP contribution in [-0.4, -0.2) is 28.6 Å². The van der Waals surface area contributed by atoms with Gasteiger partial charge in [0.05, 0.1) is 15.9 Å². The summed E-state index contributed by atoms with van der Waals surface area (Å²) in [7, 11) is 0. The van der Waals surface area contributed by atoms with Crippen LogP contribution in [0, 0.1) is 13.8 Å². The molecule has 1 N–H and O–H groups in total. The number of amides is 3. The topological polar surface area (TPSA) is 75.7 Å². The standard InChI is InChI=1S/C27H23BrN2O4S/c1-17-6-5-9-21(12-17)29-25(31)16-34-23-11-10-19(13-22(23)28)14-24-26(32)30(27(33)35-24)15-20-8-4-3-7-18(20)2/h3-14H,15-16H2,1-2H3,(H,29,31)/b24-14-. The number of nitrogens with zero attached hydrogens (tertiary/aromatic N) is 1. The predicted molar refractivity (Wildman–Crippen MR) is 142 cm³/mol. The molecule has 0 spiro atoms. The van der Waals surface area contributed by atoms with E-state index in [2.05, 4.69) is 21.2 Å². The van der Waals surface area contributed by atoms with E-state index in [0.717, 1.165) is 34.0 Å². The number of ether oxygens (including phenoxy) is 1. The highest BCUT2D eigenvalue weighted by molar-refractivity contribution is 9.10. The van der Waals surface area contributed by atoms with E-state index in [0.29, 0.717) is 20.8 Å². The fourth-order valence-corrected chi connectivity index (χ4v) is 4.88. The predicted octanol–water partition coefficient (Wildman–Crippen LogP) is 6.32. The third-order valence-electron chi connectivity index (χ3n) is 5.38. The van der Waals surface area contributed by atoms with Crippen LogP contribution in [0.15, 0.2) is 76.1 Å². The maximum absolute atomic E-state index is 12.9. The summed E-state index contributed by atoms with van der Waals surface area (Å²) in [5.41, 5.74) is 4.46. The molecule has 4 rings (SSSR count). The third kappa shape index (κ3) is 6.21. The average Bonchev–Trinajstić information content (AvgIpc) is 3.07. The smallest absolute Gasteiger partial charge is 0.293 e. The number of hydrogen-bond donors (Lipinski definition) is 1. The van der Waals surface area contributed by atoms with Gasteiger partial charge in [-0.3, -0.25) is 19.3 Å². The highest BCUT2D eigenvalue weighted by Gasteiger charge is 2.35. The fraction of sp³-hybridized carbons (Fsp3) is 0.148. The van der Waals surface area contributed by atoms with Crippen LogP contribution in [0.25, 0.3) is 6.08 Å². The molecule has 0 aliphatic carbocycles. The van der Waals surface area contributed by atoms with Crippen molar-refractivity contribution in [1.29, 1.82) is 0 Å². The Bertz CT molecular complexity index is 1340. The van der Waals surface area contributed by atoms with Crippen LogP contribution in [0.5, 0.6) is 5.75 Å². The zero-order valence-electron chi connectivity index (χ0n) is 19.2. The van der Waals surface area contributed by atoms with Gasteiger partial charge in [-0.1, -0.05) is 42.5 Å². The summed E-state index contributed by atoms with van der Waals surface area (Å²) >= 11 is 4.39. The second kappa shape index (κ2) is 10.9. The molecule has 35 heavy (non-hydrogen) atoms. The van der Waals surface area contributed by atoms with Gasteiger partial charge in [0.1, 0.15) is 5.75 Å². The summed E-state index contributed by atoms with van der Waals surface area (Å²) < 4.78 is 6.28. The van der Waals surface area contributed by atoms with Crippen molar-refractivity contribution in [1.82, 2.24) is 4.90 Å². The van der Waals surface area contributed by atoms with E-state index in [9.17, 15) is 14.4 Å². The summed E-state index contributed by atoms with van der Waals surface area (Å²) in [5.74, 6) is -0.0874. The SMILES string of the molecule is Cc1cccc(NC(=O)COc2ccc(/C=C3\SC(=O)N(Cc4ccccc4C)C3=O)cc2Br)c1. The van der Waals surface area contributed by atoms with E-state index in [1.807, 2.05) is 62.4 Å². The molecule has 1 heterocycles. The molecule has 1 aliphatic heterocycles. The van der Waals surface area contributed by atoms with E-state index >= 15 is 0 Å². The normalized spacial score (nSPS) is 14.5. The first-order valence-electron chi connectivity index (χ1n) is 10.9. The number of anilines is 1. The number of thioether (sulfide) groups is 1. The molecule has 0 bridgehead atoms. The lowest BCUT2D eigenvalue weighted by atomic mass is 10.1. The van der Waals surface area contributed by atoms with Crippen molar-refractivity contribution in [3.8, 4) is 5.75 Å². The van der Waals surface area contributed by atoms with Crippen molar-refractivity contribution in [3.63, 3.8) is 0 Å². The molecule has 0 atom stereocenters. The van der Waals surface area contributed by atoms with Gasteiger partial charge in [0.15, 0.2) is 6.61 Å². The van der Waals surface area contributed by atoms with Gasteiger partial charge < -0.3 is 10.1 Å². The second-order valence-corrected chi connectivity index (χ2v) is 9.94. The number of imide groups is 1. The van der Waals surface area contributed by atoms with Crippen LogP contribution in [-0.2, 0) is 16.1 Å². The van der Waals surface area contributed by atoms with E-state index in [1.54, 1.807) is 24.3 Å². The van der Waals surface area contributed by atoms with Crippen LogP contribution in [0.3, 0.4) is 0 Å². The van der Waals surface area contributed by atoms with Gasteiger partial charge in [-0.15, -0.1) is 0 Å². The van der Waals surface area contributed by atoms with Crippen molar-refractivity contribution in [2.24, 2.45) is 0 Å². The van der Waals surface area contributed by atoms with Crippen LogP contribution >= 0.6 is 27.7 Å². The summed E-state index contributed by atoms with van der Waals surface area (Å²) in [6.45, 7) is 4.01. The molecule has 6 nitrogen and oxygen atoms in total. The first kappa shape index (κ1) is 24.8. The van der Waals surface area contributed by atoms with Crippen LogP contribution in [0.4, 0.5) is 10.5 Å². The van der Waals surface area contributed by atoms with Crippen molar-refractivity contribution < 1.29 is 19.1 Å². The molecule has 1 fully saturated rings. The number of rotatable bonds is 7. The van der Waals surface area contributed by atoms with Crippen molar-refractivity contribution in [2.75, 3.05) is 11.9 Å². The molecule has 0 aromatic heterocycles. The summed E-state index contributed by atoms with van der Waals surface area (Å²) in [6.07, 6.45) is 1.68. The zero-order chi connectivity index (χ0) is 24.9. The molecule has 0 radical (unpaired) electrons. The second-order valence-electron chi connectivity index (χ2n) is 8.09. The van der Waals surface area contributed by atoms with Gasteiger partial charge in [-0.05, 0) is 94.1 Å². The lowest BCUT2D eigenvalue weighted by Gasteiger charge is -2.14. The fourth-order valence-electron chi connectivity index (χ4n) is 3.53. The van der Waals surface area contributed by atoms with Crippen LogP contribution in [0.2, 0.25) is 0 Å². The Morgan fingerprint density at radius 2 is 1.86 bits per heavy atom. The van der Waals surface area contributed by atoms with Crippen molar-refractivity contribution in [3.05, 3.63) is 98.4 Å². The molecule has 178 valence electrons. The molecule has 3 aromatic rings. The first-order valence-corrected chi connectivity index (χ1v) is 12.5. The average molecular weight is 551 g/mol. The minimum absolute atomic E-state index is 0.149. The summed E-state index contributed by atoms with van der Waals surface area (Å²) in [6, 6.07) is 20.5. The first-order chi connectivity index (χ1) is 16.8. The molecule has 1 saturated heterocycles. The minimum Gasteiger partial charge on any atom is -0.483 e. The third-order valence-corrected chi connectivity index (χ3v) is 6.90. The van der Waals surface area contributed by atoms with Gasteiger partial charge in [0, 0.05) is 5.69 Å². The van der Waals surface area contributed by atoms with Crippen molar-refractivity contribution in [2.45, 2.75) is 20.4 Å². The molecule has 3 amide bonds.